The molecule has 1 atom stereocenters. The largest absolute Gasteiger partial charge is 0.338 e. The van der Waals surface area contributed by atoms with Gasteiger partial charge in [0.2, 0.25) is 0 Å². The molecule has 0 aliphatic heterocycles. The summed E-state index contributed by atoms with van der Waals surface area (Å²) >= 11 is 0. The molecule has 98 valence electrons. The van der Waals surface area contributed by atoms with Crippen LogP contribution in [0.1, 0.15) is 23.3 Å². The zero-order valence-corrected chi connectivity index (χ0v) is 11.2. The average Bonchev–Trinajstić information content (AvgIpc) is 2.97. The van der Waals surface area contributed by atoms with Gasteiger partial charge in [-0.1, -0.05) is 6.07 Å². The molecule has 0 amide bonds. The Balaban J connectivity index is 1.98. The van der Waals surface area contributed by atoms with Crippen molar-refractivity contribution in [1.29, 1.82) is 0 Å². The molecule has 0 saturated heterocycles. The minimum atomic E-state index is -0.0512. The minimum Gasteiger partial charge on any atom is -0.338 e. The van der Waals surface area contributed by atoms with Gasteiger partial charge in [-0.25, -0.2) is 4.98 Å². The van der Waals surface area contributed by atoms with Crippen molar-refractivity contribution < 1.29 is 0 Å². The third-order valence-corrected chi connectivity index (χ3v) is 3.60. The SMILES string of the molecule is Cc1cccc2ccc(C(N)Cc3nccn3C)n12. The molecule has 1 unspecified atom stereocenters. The molecule has 3 heterocycles. The molecule has 0 radical (unpaired) electrons. The number of nitrogens with two attached hydrogens (primary N) is 1. The number of hydrogen-bond acceptors (Lipinski definition) is 2. The molecule has 4 nitrogen and oxygen atoms in total. The van der Waals surface area contributed by atoms with E-state index in [9.17, 15) is 0 Å². The lowest BCUT2D eigenvalue weighted by Crippen LogP contribution is -2.18. The van der Waals surface area contributed by atoms with E-state index in [2.05, 4.69) is 46.6 Å². The van der Waals surface area contributed by atoms with E-state index in [0.717, 1.165) is 17.9 Å². The number of nitrogens with zero attached hydrogens (tertiary/aromatic N) is 3. The van der Waals surface area contributed by atoms with Gasteiger partial charge in [0.05, 0.1) is 6.04 Å². The van der Waals surface area contributed by atoms with Crippen LogP contribution in [0.5, 0.6) is 0 Å². The first-order valence-electron chi connectivity index (χ1n) is 6.45. The molecule has 3 aromatic rings. The summed E-state index contributed by atoms with van der Waals surface area (Å²) in [5.74, 6) is 1.01. The first-order valence-corrected chi connectivity index (χ1v) is 6.45. The van der Waals surface area contributed by atoms with E-state index >= 15 is 0 Å². The van der Waals surface area contributed by atoms with Crippen LogP contribution in [0.15, 0.2) is 42.7 Å². The monoisotopic (exact) mass is 254 g/mol. The van der Waals surface area contributed by atoms with Gasteiger partial charge in [0.25, 0.3) is 0 Å². The van der Waals surface area contributed by atoms with E-state index in [1.165, 1.54) is 11.2 Å². The van der Waals surface area contributed by atoms with Gasteiger partial charge in [-0.3, -0.25) is 0 Å². The molecular formula is C15H18N4. The van der Waals surface area contributed by atoms with Crippen molar-refractivity contribution >= 4 is 5.52 Å². The summed E-state index contributed by atoms with van der Waals surface area (Å²) in [4.78, 5) is 4.34. The van der Waals surface area contributed by atoms with Crippen LogP contribution in [0.2, 0.25) is 0 Å². The minimum absolute atomic E-state index is 0.0512. The fourth-order valence-corrected chi connectivity index (χ4v) is 2.55. The van der Waals surface area contributed by atoms with E-state index in [0.29, 0.717) is 0 Å². The van der Waals surface area contributed by atoms with Crippen LogP contribution >= 0.6 is 0 Å². The van der Waals surface area contributed by atoms with Gasteiger partial charge in [-0.05, 0) is 31.2 Å². The smallest absolute Gasteiger partial charge is 0.110 e. The molecule has 19 heavy (non-hydrogen) atoms. The van der Waals surface area contributed by atoms with Crippen LogP contribution in [0.3, 0.4) is 0 Å². The standard InChI is InChI=1S/C15H18N4/c1-11-4-3-5-12-6-7-14(19(11)12)13(16)10-15-17-8-9-18(15)2/h3-9,13H,10,16H2,1-2H3. The number of aryl methyl sites for hydroxylation is 2. The molecule has 0 aromatic carbocycles. The topological polar surface area (TPSA) is 48.2 Å². The summed E-state index contributed by atoms with van der Waals surface area (Å²) in [5.41, 5.74) is 9.88. The van der Waals surface area contributed by atoms with Crippen molar-refractivity contribution in [1.82, 2.24) is 14.0 Å². The number of aromatic nitrogens is 3. The van der Waals surface area contributed by atoms with Crippen LogP contribution in [0.25, 0.3) is 5.52 Å². The van der Waals surface area contributed by atoms with Gasteiger partial charge in [-0.15, -0.1) is 0 Å². The molecule has 0 saturated carbocycles. The lowest BCUT2D eigenvalue weighted by molar-refractivity contribution is 0.637. The first kappa shape index (κ1) is 12.0. The molecule has 0 fully saturated rings. The molecule has 0 bridgehead atoms. The maximum atomic E-state index is 6.36. The molecule has 3 rings (SSSR count). The van der Waals surface area contributed by atoms with Crippen LogP contribution in [0, 0.1) is 6.92 Å². The maximum absolute atomic E-state index is 6.36. The van der Waals surface area contributed by atoms with Gasteiger partial charge >= 0.3 is 0 Å². The normalized spacial score (nSPS) is 13.0. The summed E-state index contributed by atoms with van der Waals surface area (Å²) < 4.78 is 4.23. The highest BCUT2D eigenvalue weighted by atomic mass is 15.0. The second-order valence-corrected chi connectivity index (χ2v) is 4.95. The van der Waals surface area contributed by atoms with Crippen molar-refractivity contribution in [3.63, 3.8) is 0 Å². The maximum Gasteiger partial charge on any atom is 0.110 e. The molecule has 0 aliphatic rings. The van der Waals surface area contributed by atoms with Gasteiger partial charge in [0, 0.05) is 42.8 Å². The lowest BCUT2D eigenvalue weighted by atomic mass is 10.1. The Bertz CT molecular complexity index is 708. The second kappa shape index (κ2) is 4.55. The molecule has 2 N–H and O–H groups in total. The summed E-state index contributed by atoms with van der Waals surface area (Å²) in [6.45, 7) is 2.10. The Morgan fingerprint density at radius 3 is 2.84 bits per heavy atom. The Morgan fingerprint density at radius 2 is 2.11 bits per heavy atom. The van der Waals surface area contributed by atoms with E-state index in [1.807, 2.05) is 24.0 Å². The third kappa shape index (κ3) is 2.04. The van der Waals surface area contributed by atoms with Crippen molar-refractivity contribution in [3.8, 4) is 0 Å². The van der Waals surface area contributed by atoms with Crippen molar-refractivity contribution in [2.75, 3.05) is 0 Å². The molecule has 0 aliphatic carbocycles. The zero-order valence-electron chi connectivity index (χ0n) is 11.2. The number of hydrogen-bond donors (Lipinski definition) is 1. The van der Waals surface area contributed by atoms with Gasteiger partial charge in [0.1, 0.15) is 5.82 Å². The van der Waals surface area contributed by atoms with E-state index < -0.39 is 0 Å². The molecular weight excluding hydrogens is 236 g/mol. The Morgan fingerprint density at radius 1 is 1.26 bits per heavy atom. The van der Waals surface area contributed by atoms with Crippen molar-refractivity contribution in [3.05, 3.63) is 59.9 Å². The highest BCUT2D eigenvalue weighted by molar-refractivity contribution is 5.51. The second-order valence-electron chi connectivity index (χ2n) is 4.95. The summed E-state index contributed by atoms with van der Waals surface area (Å²) in [7, 11) is 2.00. The number of rotatable bonds is 3. The highest BCUT2D eigenvalue weighted by Crippen LogP contribution is 2.20. The fraction of sp³-hybridized carbons (Fsp3) is 0.267. The van der Waals surface area contributed by atoms with Gasteiger partial charge < -0.3 is 14.7 Å². The summed E-state index contributed by atoms with van der Waals surface area (Å²) in [5, 5.41) is 0. The first-order chi connectivity index (χ1) is 9.16. The van der Waals surface area contributed by atoms with Crippen LogP contribution < -0.4 is 5.73 Å². The number of fused-ring (bicyclic) bond motifs is 1. The predicted octanol–water partition coefficient (Wildman–Crippen LogP) is 2.22. The van der Waals surface area contributed by atoms with E-state index in [4.69, 9.17) is 5.73 Å². The van der Waals surface area contributed by atoms with Crippen molar-refractivity contribution in [2.45, 2.75) is 19.4 Å². The van der Waals surface area contributed by atoms with E-state index in [-0.39, 0.29) is 6.04 Å². The van der Waals surface area contributed by atoms with Crippen molar-refractivity contribution in [2.24, 2.45) is 12.8 Å². The predicted molar refractivity (Wildman–Crippen MR) is 76.0 cm³/mol. The summed E-state index contributed by atoms with van der Waals surface area (Å²) in [6.07, 6.45) is 4.50. The average molecular weight is 254 g/mol. The number of pyridine rings is 1. The quantitative estimate of drug-likeness (QED) is 0.779. The molecule has 0 spiro atoms. The van der Waals surface area contributed by atoms with Crippen LogP contribution in [0.4, 0.5) is 0 Å². The van der Waals surface area contributed by atoms with Crippen LogP contribution in [-0.2, 0) is 13.5 Å². The summed E-state index contributed by atoms with van der Waals surface area (Å²) in [6, 6.07) is 10.4. The van der Waals surface area contributed by atoms with Crippen LogP contribution in [-0.4, -0.2) is 14.0 Å². The van der Waals surface area contributed by atoms with Gasteiger partial charge in [-0.2, -0.15) is 0 Å². The van der Waals surface area contributed by atoms with E-state index in [1.54, 1.807) is 0 Å². The fourth-order valence-electron chi connectivity index (χ4n) is 2.55. The van der Waals surface area contributed by atoms with Gasteiger partial charge in [0.15, 0.2) is 0 Å². The zero-order chi connectivity index (χ0) is 13.4. The molecule has 4 heteroatoms. The molecule has 3 aromatic heterocycles. The number of imidazole rings is 1. The Kier molecular flexibility index (Phi) is 2.87. The highest BCUT2D eigenvalue weighted by Gasteiger charge is 2.14. The third-order valence-electron chi connectivity index (χ3n) is 3.60. The lowest BCUT2D eigenvalue weighted by Gasteiger charge is -2.14. The Hall–Kier alpha value is -2.07. The Labute approximate surface area is 112 Å².